The van der Waals surface area contributed by atoms with Crippen LogP contribution in [0.5, 0.6) is 0 Å². The van der Waals surface area contributed by atoms with E-state index in [0.29, 0.717) is 5.82 Å². The van der Waals surface area contributed by atoms with Gasteiger partial charge in [-0.1, -0.05) is 188 Å². The van der Waals surface area contributed by atoms with Crippen molar-refractivity contribution in [1.82, 2.24) is 9.97 Å². The Hall–Kier alpha value is -7.24. The van der Waals surface area contributed by atoms with Crippen LogP contribution in [-0.4, -0.2) is 9.97 Å². The first-order valence-electron chi connectivity index (χ1n) is 20.2. The summed E-state index contributed by atoms with van der Waals surface area (Å²) in [5.41, 5.74) is 12.0. The van der Waals surface area contributed by atoms with Gasteiger partial charge in [0.1, 0.15) is 0 Å². The lowest BCUT2D eigenvalue weighted by Gasteiger charge is -2.17. The predicted molar refractivity (Wildman–Crippen MR) is 258 cm³/mol. The predicted octanol–water partition coefficient (Wildman–Crippen LogP) is 16.4. The van der Waals surface area contributed by atoms with Gasteiger partial charge in [0.25, 0.3) is 0 Å². The van der Waals surface area contributed by atoms with Crippen molar-refractivity contribution in [2.24, 2.45) is 0 Å². The number of benzene rings is 9. The highest BCUT2D eigenvalue weighted by atomic mass is 32.1. The molecule has 12 aromatic rings. The van der Waals surface area contributed by atoms with E-state index >= 15 is 0 Å². The Morgan fingerprint density at radius 3 is 1.33 bits per heavy atom. The van der Waals surface area contributed by atoms with Crippen molar-refractivity contribution in [3.05, 3.63) is 206 Å². The van der Waals surface area contributed by atoms with E-state index in [1.54, 1.807) is 0 Å². The zero-order valence-electron chi connectivity index (χ0n) is 32.3. The SMILES string of the molecule is c1ccc(-c2ccc(-c3ccc4c(-c5ccccc5)cccc4c3-c3nc(-c4cccc5c4sc4ccccc45)cc(-c4cccc5c4sc4ccccc45)n3)cc2)cc1. The first kappa shape index (κ1) is 34.8. The number of fused-ring (bicyclic) bond motifs is 7. The van der Waals surface area contributed by atoms with Gasteiger partial charge in [-0.2, -0.15) is 0 Å². The van der Waals surface area contributed by atoms with Crippen molar-refractivity contribution in [2.45, 2.75) is 0 Å². The molecule has 3 heterocycles. The molecule has 0 aliphatic heterocycles. The Morgan fingerprint density at radius 1 is 0.283 bits per heavy atom. The van der Waals surface area contributed by atoms with Crippen LogP contribution in [0.15, 0.2) is 206 Å². The maximum Gasteiger partial charge on any atom is 0.161 e. The molecular formula is C56H34N2S2. The van der Waals surface area contributed by atoms with Gasteiger partial charge in [0.15, 0.2) is 5.82 Å². The molecule has 0 N–H and O–H groups in total. The number of nitrogens with zero attached hydrogens (tertiary/aromatic N) is 2. The smallest absolute Gasteiger partial charge is 0.161 e. The first-order chi connectivity index (χ1) is 29.7. The number of hydrogen-bond donors (Lipinski definition) is 0. The standard InChI is InChI=1S/C56H34N2S2/c1-3-14-35(15-4-1)36-28-30-38(31-29-36)40-32-33-41-39(37-16-5-2-6-17-37)20-11-21-44(41)53(40)56-57-49(47-24-12-22-45-42-18-7-9-26-51(42)59-54(45)47)34-50(58-56)48-25-13-23-46-43-19-8-10-27-52(43)60-55(46)48/h1-34H. The van der Waals surface area contributed by atoms with Crippen molar-refractivity contribution >= 4 is 73.8 Å². The highest BCUT2D eigenvalue weighted by molar-refractivity contribution is 7.26. The molecule has 0 saturated carbocycles. The van der Waals surface area contributed by atoms with E-state index in [2.05, 4.69) is 206 Å². The van der Waals surface area contributed by atoms with Gasteiger partial charge in [-0.05, 0) is 62.4 Å². The lowest BCUT2D eigenvalue weighted by molar-refractivity contribution is 1.19. The van der Waals surface area contributed by atoms with Crippen molar-refractivity contribution in [1.29, 1.82) is 0 Å². The zero-order valence-corrected chi connectivity index (χ0v) is 34.0. The van der Waals surface area contributed by atoms with Crippen LogP contribution >= 0.6 is 22.7 Å². The third kappa shape index (κ3) is 5.76. The van der Waals surface area contributed by atoms with Gasteiger partial charge in [-0.15, -0.1) is 22.7 Å². The fourth-order valence-electron chi connectivity index (χ4n) is 8.91. The number of rotatable bonds is 6. The van der Waals surface area contributed by atoms with E-state index in [1.165, 1.54) is 62.6 Å². The summed E-state index contributed by atoms with van der Waals surface area (Å²) < 4.78 is 5.01. The number of hydrogen-bond acceptors (Lipinski definition) is 4. The van der Waals surface area contributed by atoms with Gasteiger partial charge in [0.2, 0.25) is 0 Å². The van der Waals surface area contributed by atoms with Crippen LogP contribution in [-0.2, 0) is 0 Å². The minimum absolute atomic E-state index is 0.705. The summed E-state index contributed by atoms with van der Waals surface area (Å²) in [5.74, 6) is 0.705. The fourth-order valence-corrected chi connectivity index (χ4v) is 11.4. The average Bonchev–Trinajstić information content (AvgIpc) is 3.90. The largest absolute Gasteiger partial charge is 0.228 e. The maximum absolute atomic E-state index is 5.65. The molecule has 9 aromatic carbocycles. The number of thiophene rings is 2. The highest BCUT2D eigenvalue weighted by Gasteiger charge is 2.22. The lowest BCUT2D eigenvalue weighted by Crippen LogP contribution is -1.99. The summed E-state index contributed by atoms with van der Waals surface area (Å²) in [6, 6.07) is 74.3. The molecule has 0 aliphatic carbocycles. The summed E-state index contributed by atoms with van der Waals surface area (Å²) >= 11 is 3.67. The summed E-state index contributed by atoms with van der Waals surface area (Å²) in [4.78, 5) is 11.3. The van der Waals surface area contributed by atoms with Crippen LogP contribution in [0.3, 0.4) is 0 Å². The second-order valence-electron chi connectivity index (χ2n) is 15.2. The lowest BCUT2D eigenvalue weighted by atomic mass is 9.89. The second kappa shape index (κ2) is 14.2. The van der Waals surface area contributed by atoms with Gasteiger partial charge in [0, 0.05) is 57.0 Å². The van der Waals surface area contributed by atoms with Crippen LogP contribution in [0.4, 0.5) is 0 Å². The molecule has 0 fully saturated rings. The van der Waals surface area contributed by atoms with Crippen molar-refractivity contribution in [2.75, 3.05) is 0 Å². The molecule has 3 aromatic heterocycles. The van der Waals surface area contributed by atoms with Crippen LogP contribution < -0.4 is 0 Å². The van der Waals surface area contributed by atoms with Crippen molar-refractivity contribution in [3.8, 4) is 67.3 Å². The van der Waals surface area contributed by atoms with Gasteiger partial charge < -0.3 is 0 Å². The summed E-state index contributed by atoms with van der Waals surface area (Å²) in [6.07, 6.45) is 0. The molecule has 4 heteroatoms. The minimum Gasteiger partial charge on any atom is -0.228 e. The monoisotopic (exact) mass is 798 g/mol. The van der Waals surface area contributed by atoms with Crippen LogP contribution in [0, 0.1) is 0 Å². The van der Waals surface area contributed by atoms with Gasteiger partial charge in [-0.25, -0.2) is 9.97 Å². The third-order valence-corrected chi connectivity index (χ3v) is 14.2. The normalized spacial score (nSPS) is 11.7. The molecule has 2 nitrogen and oxygen atoms in total. The van der Waals surface area contributed by atoms with Gasteiger partial charge in [0.05, 0.1) is 11.4 Å². The Bertz CT molecular complexity index is 3450. The Morgan fingerprint density at radius 2 is 0.733 bits per heavy atom. The summed E-state index contributed by atoms with van der Waals surface area (Å²) in [7, 11) is 0. The highest BCUT2D eigenvalue weighted by Crippen LogP contribution is 2.46. The minimum atomic E-state index is 0.705. The quantitative estimate of drug-likeness (QED) is 0.167. The Balaban J connectivity index is 1.17. The van der Waals surface area contributed by atoms with Crippen molar-refractivity contribution in [3.63, 3.8) is 0 Å². The van der Waals surface area contributed by atoms with E-state index < -0.39 is 0 Å². The van der Waals surface area contributed by atoms with E-state index in [0.717, 1.165) is 50.0 Å². The molecule has 0 spiro atoms. The van der Waals surface area contributed by atoms with E-state index in [-0.39, 0.29) is 0 Å². The maximum atomic E-state index is 5.65. The molecule has 60 heavy (non-hydrogen) atoms. The van der Waals surface area contributed by atoms with Gasteiger partial charge in [-0.3, -0.25) is 0 Å². The summed E-state index contributed by atoms with van der Waals surface area (Å²) in [6.45, 7) is 0. The number of aromatic nitrogens is 2. The van der Waals surface area contributed by atoms with Crippen LogP contribution in [0.2, 0.25) is 0 Å². The van der Waals surface area contributed by atoms with Crippen LogP contribution in [0.1, 0.15) is 0 Å². The average molecular weight is 799 g/mol. The topological polar surface area (TPSA) is 25.8 Å². The van der Waals surface area contributed by atoms with Gasteiger partial charge >= 0.3 is 0 Å². The molecule has 0 aliphatic rings. The molecule has 0 atom stereocenters. The summed E-state index contributed by atoms with van der Waals surface area (Å²) in [5, 5.41) is 7.32. The third-order valence-electron chi connectivity index (χ3n) is 11.8. The molecule has 0 bridgehead atoms. The second-order valence-corrected chi connectivity index (χ2v) is 17.3. The van der Waals surface area contributed by atoms with Crippen molar-refractivity contribution < 1.29 is 0 Å². The molecule has 0 radical (unpaired) electrons. The van der Waals surface area contributed by atoms with Crippen LogP contribution in [0.25, 0.3) is 118 Å². The molecule has 0 saturated heterocycles. The van der Waals surface area contributed by atoms with E-state index in [1.807, 2.05) is 22.7 Å². The molecule has 280 valence electrons. The molecule has 0 amide bonds. The first-order valence-corrected chi connectivity index (χ1v) is 21.9. The fraction of sp³-hybridized carbons (Fsp3) is 0. The Labute approximate surface area is 355 Å². The molecule has 12 rings (SSSR count). The van der Waals surface area contributed by atoms with E-state index in [4.69, 9.17) is 9.97 Å². The van der Waals surface area contributed by atoms with E-state index in [9.17, 15) is 0 Å². The zero-order chi connectivity index (χ0) is 39.6. The molecule has 0 unspecified atom stereocenters. The Kier molecular flexibility index (Phi) is 8.25. The molecular weight excluding hydrogens is 765 g/mol.